The van der Waals surface area contributed by atoms with E-state index < -0.39 is 12.0 Å². The van der Waals surface area contributed by atoms with E-state index in [2.05, 4.69) is 5.32 Å². The predicted octanol–water partition coefficient (Wildman–Crippen LogP) is 3.21. The maximum atomic E-state index is 12.8. The molecular weight excluding hydrogens is 396 g/mol. The Balaban J connectivity index is 1.60. The highest BCUT2D eigenvalue weighted by Crippen LogP contribution is 2.24. The van der Waals surface area contributed by atoms with Crippen molar-refractivity contribution in [3.63, 3.8) is 0 Å². The van der Waals surface area contributed by atoms with Gasteiger partial charge in [0.15, 0.2) is 0 Å². The van der Waals surface area contributed by atoms with Crippen molar-refractivity contribution in [2.75, 3.05) is 20.2 Å². The standard InChI is InChI=1S/C21H23ClN2O5/c1-28-19(25)12-18(14-2-4-17(22)5-3-14)23-20(26)15-6-9-24(10-7-15)21(27)16-8-11-29-13-16/h2-5,8,11,13,15,18H,6-7,9-10,12H2,1H3,(H,23,26). The normalized spacial score (nSPS) is 15.6. The summed E-state index contributed by atoms with van der Waals surface area (Å²) >= 11 is 5.94. The summed E-state index contributed by atoms with van der Waals surface area (Å²) in [4.78, 5) is 38.7. The van der Waals surface area contributed by atoms with Crippen molar-refractivity contribution in [2.24, 2.45) is 5.92 Å². The van der Waals surface area contributed by atoms with Crippen LogP contribution in [0, 0.1) is 5.92 Å². The minimum atomic E-state index is -0.502. The molecule has 2 heterocycles. The van der Waals surface area contributed by atoms with Crippen LogP contribution in [0.1, 0.15) is 41.2 Å². The van der Waals surface area contributed by atoms with Crippen molar-refractivity contribution in [1.29, 1.82) is 0 Å². The lowest BCUT2D eigenvalue weighted by Crippen LogP contribution is -2.44. The summed E-state index contributed by atoms with van der Waals surface area (Å²) in [6, 6.07) is 8.12. The molecule has 29 heavy (non-hydrogen) atoms. The molecule has 1 aliphatic rings. The number of rotatable bonds is 6. The number of likely N-dealkylation sites (tertiary alicyclic amines) is 1. The van der Waals surface area contributed by atoms with Crippen molar-refractivity contribution in [3.8, 4) is 0 Å². The number of amides is 2. The molecule has 0 spiro atoms. The topological polar surface area (TPSA) is 88.9 Å². The molecule has 1 N–H and O–H groups in total. The van der Waals surface area contributed by atoms with Crippen molar-refractivity contribution >= 4 is 29.4 Å². The minimum absolute atomic E-state index is 0.0295. The fourth-order valence-electron chi connectivity index (χ4n) is 3.40. The molecule has 8 heteroatoms. The Bertz CT molecular complexity index is 842. The Morgan fingerprint density at radius 1 is 1.21 bits per heavy atom. The van der Waals surface area contributed by atoms with Gasteiger partial charge in [-0.05, 0) is 36.6 Å². The zero-order chi connectivity index (χ0) is 20.8. The van der Waals surface area contributed by atoms with Crippen molar-refractivity contribution in [3.05, 3.63) is 59.0 Å². The number of esters is 1. The van der Waals surface area contributed by atoms with Gasteiger partial charge in [0.05, 0.1) is 31.4 Å². The van der Waals surface area contributed by atoms with E-state index in [9.17, 15) is 14.4 Å². The lowest BCUT2D eigenvalue weighted by atomic mass is 9.94. The minimum Gasteiger partial charge on any atom is -0.472 e. The first kappa shape index (κ1) is 20.9. The van der Waals surface area contributed by atoms with Gasteiger partial charge in [-0.1, -0.05) is 23.7 Å². The molecule has 1 aromatic heterocycles. The summed E-state index contributed by atoms with van der Waals surface area (Å²) in [5.74, 6) is -0.867. The molecule has 0 aliphatic carbocycles. The second kappa shape index (κ2) is 9.60. The smallest absolute Gasteiger partial charge is 0.307 e. The maximum absolute atomic E-state index is 12.8. The summed E-state index contributed by atoms with van der Waals surface area (Å²) in [5, 5.41) is 3.53. The number of nitrogens with one attached hydrogen (secondary N) is 1. The largest absolute Gasteiger partial charge is 0.472 e. The molecule has 1 aliphatic heterocycles. The average Bonchev–Trinajstić information content (AvgIpc) is 3.28. The number of carbonyl (C=O) groups is 3. The first-order valence-corrected chi connectivity index (χ1v) is 9.80. The fourth-order valence-corrected chi connectivity index (χ4v) is 3.53. The molecule has 7 nitrogen and oxygen atoms in total. The quantitative estimate of drug-likeness (QED) is 0.727. The summed E-state index contributed by atoms with van der Waals surface area (Å²) in [6.45, 7) is 0.982. The maximum Gasteiger partial charge on any atom is 0.307 e. The van der Waals surface area contributed by atoms with Crippen LogP contribution in [0.15, 0.2) is 47.3 Å². The third kappa shape index (κ3) is 5.38. The van der Waals surface area contributed by atoms with E-state index in [0.29, 0.717) is 36.5 Å². The van der Waals surface area contributed by atoms with E-state index in [1.165, 1.54) is 19.6 Å². The second-order valence-electron chi connectivity index (χ2n) is 6.97. The van der Waals surface area contributed by atoms with Gasteiger partial charge in [0, 0.05) is 24.0 Å². The van der Waals surface area contributed by atoms with Crippen LogP contribution in [0.25, 0.3) is 0 Å². The number of furan rings is 1. The highest BCUT2D eigenvalue weighted by molar-refractivity contribution is 6.30. The van der Waals surface area contributed by atoms with Gasteiger partial charge in [-0.15, -0.1) is 0 Å². The molecule has 2 aromatic rings. The second-order valence-corrected chi connectivity index (χ2v) is 7.41. The molecule has 0 saturated carbocycles. The third-order valence-electron chi connectivity index (χ3n) is 5.11. The molecule has 1 saturated heterocycles. The number of hydrogen-bond donors (Lipinski definition) is 1. The zero-order valence-corrected chi connectivity index (χ0v) is 16.9. The molecule has 3 rings (SSSR count). The van der Waals surface area contributed by atoms with Crippen LogP contribution in [0.4, 0.5) is 0 Å². The van der Waals surface area contributed by atoms with E-state index >= 15 is 0 Å². The Hall–Kier alpha value is -2.80. The average molecular weight is 419 g/mol. The number of methoxy groups -OCH3 is 1. The van der Waals surface area contributed by atoms with Gasteiger partial charge in [-0.25, -0.2) is 0 Å². The molecule has 2 amide bonds. The summed E-state index contributed by atoms with van der Waals surface area (Å²) in [6.07, 6.45) is 4.03. The van der Waals surface area contributed by atoms with Crippen LogP contribution < -0.4 is 5.32 Å². The van der Waals surface area contributed by atoms with E-state index in [4.69, 9.17) is 20.8 Å². The highest BCUT2D eigenvalue weighted by Gasteiger charge is 2.30. The molecule has 1 unspecified atom stereocenters. The van der Waals surface area contributed by atoms with Crippen LogP contribution in [0.3, 0.4) is 0 Å². The van der Waals surface area contributed by atoms with Crippen LogP contribution in [0.2, 0.25) is 5.02 Å². The van der Waals surface area contributed by atoms with Gasteiger partial charge in [0.2, 0.25) is 5.91 Å². The molecule has 1 fully saturated rings. The lowest BCUT2D eigenvalue weighted by Gasteiger charge is -2.32. The number of piperidine rings is 1. The van der Waals surface area contributed by atoms with Gasteiger partial charge < -0.3 is 19.4 Å². The number of hydrogen-bond acceptors (Lipinski definition) is 5. The van der Waals surface area contributed by atoms with E-state index in [1.54, 1.807) is 35.2 Å². The van der Waals surface area contributed by atoms with Crippen molar-refractivity contribution in [2.45, 2.75) is 25.3 Å². The Morgan fingerprint density at radius 3 is 2.48 bits per heavy atom. The molecule has 154 valence electrons. The highest BCUT2D eigenvalue weighted by atomic mass is 35.5. The summed E-state index contributed by atoms with van der Waals surface area (Å²) < 4.78 is 9.72. The number of benzene rings is 1. The first-order valence-electron chi connectivity index (χ1n) is 9.42. The lowest BCUT2D eigenvalue weighted by molar-refractivity contribution is -0.141. The van der Waals surface area contributed by atoms with Crippen molar-refractivity contribution in [1.82, 2.24) is 10.2 Å². The molecule has 0 bridgehead atoms. The first-order chi connectivity index (χ1) is 14.0. The van der Waals surface area contributed by atoms with Crippen LogP contribution in [0.5, 0.6) is 0 Å². The van der Waals surface area contributed by atoms with E-state index in [0.717, 1.165) is 5.56 Å². The van der Waals surface area contributed by atoms with E-state index in [1.807, 2.05) is 0 Å². The Morgan fingerprint density at radius 2 is 1.90 bits per heavy atom. The van der Waals surface area contributed by atoms with Crippen LogP contribution >= 0.6 is 11.6 Å². The zero-order valence-electron chi connectivity index (χ0n) is 16.1. The molecular formula is C21H23ClN2O5. The number of halogens is 1. The SMILES string of the molecule is COC(=O)CC(NC(=O)C1CCN(C(=O)c2ccoc2)CC1)c1ccc(Cl)cc1. The number of nitrogens with zero attached hydrogens (tertiary/aromatic N) is 1. The summed E-state index contributed by atoms with van der Waals surface area (Å²) in [5.41, 5.74) is 1.29. The van der Waals surface area contributed by atoms with Gasteiger partial charge in [-0.3, -0.25) is 14.4 Å². The van der Waals surface area contributed by atoms with Gasteiger partial charge in [0.25, 0.3) is 5.91 Å². The number of ether oxygens (including phenoxy) is 1. The molecule has 1 atom stereocenters. The van der Waals surface area contributed by atoms with E-state index in [-0.39, 0.29) is 24.2 Å². The van der Waals surface area contributed by atoms with Gasteiger partial charge >= 0.3 is 5.97 Å². The van der Waals surface area contributed by atoms with Crippen LogP contribution in [-0.4, -0.2) is 42.9 Å². The fraction of sp³-hybridized carbons (Fsp3) is 0.381. The van der Waals surface area contributed by atoms with Crippen LogP contribution in [-0.2, 0) is 14.3 Å². The predicted molar refractivity (Wildman–Crippen MR) is 106 cm³/mol. The van der Waals surface area contributed by atoms with Gasteiger partial charge in [-0.2, -0.15) is 0 Å². The van der Waals surface area contributed by atoms with Crippen molar-refractivity contribution < 1.29 is 23.5 Å². The Kier molecular flexibility index (Phi) is 6.93. The molecule has 0 radical (unpaired) electrons. The number of carbonyl (C=O) groups excluding carboxylic acids is 3. The Labute approximate surface area is 174 Å². The summed E-state index contributed by atoms with van der Waals surface area (Å²) in [7, 11) is 1.32. The monoisotopic (exact) mass is 418 g/mol. The van der Waals surface area contributed by atoms with Gasteiger partial charge in [0.1, 0.15) is 6.26 Å². The third-order valence-corrected chi connectivity index (χ3v) is 5.36. The molecule has 1 aromatic carbocycles.